The maximum absolute atomic E-state index is 3.71. The standard InChI is InChI=1S/C7H13NS/c1-2-3-8-4-6-9-7-5-8/h2H,1,3-7H2/i6+1. The molecule has 0 radical (unpaired) electrons. The molecule has 0 atom stereocenters. The van der Waals surface area contributed by atoms with Crippen molar-refractivity contribution in [3.63, 3.8) is 0 Å². The zero-order valence-corrected chi connectivity index (χ0v) is 6.49. The van der Waals surface area contributed by atoms with Gasteiger partial charge in [0.05, 0.1) is 0 Å². The largest absolute Gasteiger partial charge is 0.298 e. The molecule has 52 valence electrons. The molecule has 1 heterocycles. The third-order valence-electron chi connectivity index (χ3n) is 1.49. The molecule has 0 aromatic rings. The lowest BCUT2D eigenvalue weighted by atomic mass is 10.5. The van der Waals surface area contributed by atoms with Gasteiger partial charge in [-0.25, -0.2) is 0 Å². The Hall–Kier alpha value is 0.0500. The highest BCUT2D eigenvalue weighted by Crippen LogP contribution is 2.07. The van der Waals surface area contributed by atoms with Gasteiger partial charge in [-0.1, -0.05) is 6.08 Å². The Morgan fingerprint density at radius 3 is 2.67 bits per heavy atom. The molecule has 1 rings (SSSR count). The summed E-state index contributed by atoms with van der Waals surface area (Å²) in [6.45, 7) is 7.27. The lowest BCUT2D eigenvalue weighted by Gasteiger charge is -2.24. The Labute approximate surface area is 61.1 Å². The fourth-order valence-corrected chi connectivity index (χ4v) is 1.95. The third kappa shape index (κ3) is 2.41. The summed E-state index contributed by atoms with van der Waals surface area (Å²) in [5, 5.41) is 0. The van der Waals surface area contributed by atoms with Gasteiger partial charge in [0.25, 0.3) is 0 Å². The molecule has 2 heteroatoms. The first-order chi connectivity index (χ1) is 4.43. The van der Waals surface area contributed by atoms with Crippen molar-refractivity contribution in [3.8, 4) is 0 Å². The van der Waals surface area contributed by atoms with Crippen LogP contribution in [0, 0.1) is 0 Å². The van der Waals surface area contributed by atoms with Crippen molar-refractivity contribution in [2.45, 2.75) is 0 Å². The van der Waals surface area contributed by atoms with E-state index in [1.54, 1.807) is 0 Å². The molecule has 1 fully saturated rings. The summed E-state index contributed by atoms with van der Waals surface area (Å²) >= 11 is 2.05. The molecule has 1 nitrogen and oxygen atoms in total. The number of rotatable bonds is 2. The minimum atomic E-state index is 1.07. The van der Waals surface area contributed by atoms with Crippen LogP contribution in [-0.4, -0.2) is 36.0 Å². The molecule has 0 aromatic carbocycles. The van der Waals surface area contributed by atoms with E-state index < -0.39 is 0 Å². The van der Waals surface area contributed by atoms with E-state index in [9.17, 15) is 0 Å². The SMILES string of the molecule is C=CCN1CCS[13CH2]C1. The van der Waals surface area contributed by atoms with Gasteiger partial charge in [0.1, 0.15) is 0 Å². The summed E-state index contributed by atoms with van der Waals surface area (Å²) in [4.78, 5) is 2.43. The summed E-state index contributed by atoms with van der Waals surface area (Å²) in [6.07, 6.45) is 1.98. The van der Waals surface area contributed by atoms with Crippen molar-refractivity contribution >= 4 is 11.8 Å². The second-order valence-electron chi connectivity index (χ2n) is 2.20. The minimum Gasteiger partial charge on any atom is -0.298 e. The molecule has 0 spiro atoms. The van der Waals surface area contributed by atoms with Crippen molar-refractivity contribution in [2.75, 3.05) is 31.1 Å². The number of nitrogens with zero attached hydrogens (tertiary/aromatic N) is 1. The molecule has 0 saturated carbocycles. The molecule has 9 heavy (non-hydrogen) atoms. The zero-order valence-electron chi connectivity index (χ0n) is 5.68. The van der Waals surface area contributed by atoms with Gasteiger partial charge in [-0.05, 0) is 0 Å². The summed E-state index contributed by atoms with van der Waals surface area (Å²) in [5.74, 6) is 2.60. The lowest BCUT2D eigenvalue weighted by molar-refractivity contribution is 0.336. The highest BCUT2D eigenvalue weighted by atomic mass is 32.2. The van der Waals surface area contributed by atoms with Gasteiger partial charge in [0, 0.05) is 31.1 Å². The molecule has 1 aliphatic rings. The van der Waals surface area contributed by atoms with E-state index >= 15 is 0 Å². The van der Waals surface area contributed by atoms with Crippen LogP contribution in [0.3, 0.4) is 0 Å². The fraction of sp³-hybridized carbons (Fsp3) is 0.714. The van der Waals surface area contributed by atoms with Crippen LogP contribution >= 0.6 is 11.8 Å². The molecule has 0 aliphatic carbocycles. The maximum Gasteiger partial charge on any atom is 0.0161 e. The lowest BCUT2D eigenvalue weighted by Crippen LogP contribution is -2.32. The molecule has 0 N–H and O–H groups in total. The van der Waals surface area contributed by atoms with Crippen LogP contribution in [0.4, 0.5) is 0 Å². The van der Waals surface area contributed by atoms with Crippen LogP contribution in [0.1, 0.15) is 0 Å². The van der Waals surface area contributed by atoms with Crippen LogP contribution in [0.25, 0.3) is 0 Å². The molecular formula is C7H13NS. The Balaban J connectivity index is 2.15. The van der Waals surface area contributed by atoms with Gasteiger partial charge in [-0.3, -0.25) is 4.90 Å². The van der Waals surface area contributed by atoms with Crippen LogP contribution in [0.2, 0.25) is 0 Å². The quantitative estimate of drug-likeness (QED) is 0.423. The summed E-state index contributed by atoms with van der Waals surface area (Å²) in [6, 6.07) is 0. The summed E-state index contributed by atoms with van der Waals surface area (Å²) < 4.78 is 0. The normalized spacial score (nSPS) is 21.8. The van der Waals surface area contributed by atoms with Gasteiger partial charge >= 0.3 is 0 Å². The van der Waals surface area contributed by atoms with Gasteiger partial charge in [0.15, 0.2) is 0 Å². The van der Waals surface area contributed by atoms with Crippen molar-refractivity contribution < 1.29 is 0 Å². The van der Waals surface area contributed by atoms with Gasteiger partial charge in [-0.15, -0.1) is 6.58 Å². The van der Waals surface area contributed by atoms with Crippen molar-refractivity contribution in [2.24, 2.45) is 0 Å². The molecule has 1 aliphatic heterocycles. The number of hydrogen-bond acceptors (Lipinski definition) is 2. The highest BCUT2D eigenvalue weighted by molar-refractivity contribution is 7.99. The van der Waals surface area contributed by atoms with Crippen LogP contribution in [-0.2, 0) is 0 Å². The summed E-state index contributed by atoms with van der Waals surface area (Å²) in [7, 11) is 0. The summed E-state index contributed by atoms with van der Waals surface area (Å²) in [5.41, 5.74) is 0. The Morgan fingerprint density at radius 2 is 2.11 bits per heavy atom. The van der Waals surface area contributed by atoms with Crippen LogP contribution in [0.5, 0.6) is 0 Å². The second kappa shape index (κ2) is 3.96. The van der Waals surface area contributed by atoms with Crippen molar-refractivity contribution in [1.82, 2.24) is 4.90 Å². The van der Waals surface area contributed by atoms with Crippen molar-refractivity contribution in [3.05, 3.63) is 12.7 Å². The Kier molecular flexibility index (Phi) is 3.15. The minimum absolute atomic E-state index is 1.07. The van der Waals surface area contributed by atoms with E-state index in [1.165, 1.54) is 24.6 Å². The van der Waals surface area contributed by atoms with E-state index in [0.717, 1.165) is 6.54 Å². The molecule has 0 unspecified atom stereocenters. The molecule has 0 bridgehead atoms. The fourth-order valence-electron chi connectivity index (χ4n) is 0.966. The van der Waals surface area contributed by atoms with Crippen LogP contribution < -0.4 is 0 Å². The first kappa shape index (κ1) is 7.16. The van der Waals surface area contributed by atoms with E-state index in [0.29, 0.717) is 0 Å². The first-order valence-electron chi connectivity index (χ1n) is 3.34. The Morgan fingerprint density at radius 1 is 1.44 bits per heavy atom. The van der Waals surface area contributed by atoms with E-state index in [4.69, 9.17) is 0 Å². The molecular weight excluding hydrogens is 131 g/mol. The smallest absolute Gasteiger partial charge is 0.0161 e. The second-order valence-corrected chi connectivity index (χ2v) is 3.43. The monoisotopic (exact) mass is 144 g/mol. The first-order valence-corrected chi connectivity index (χ1v) is 4.50. The van der Waals surface area contributed by atoms with E-state index in [1.807, 2.05) is 17.8 Å². The molecule has 1 saturated heterocycles. The average molecular weight is 144 g/mol. The van der Waals surface area contributed by atoms with Crippen molar-refractivity contribution in [1.29, 1.82) is 0 Å². The van der Waals surface area contributed by atoms with Crippen LogP contribution in [0.15, 0.2) is 12.7 Å². The van der Waals surface area contributed by atoms with E-state index in [2.05, 4.69) is 11.5 Å². The molecule has 0 aromatic heterocycles. The molecule has 0 amide bonds. The third-order valence-corrected chi connectivity index (χ3v) is 2.43. The maximum atomic E-state index is 3.71. The van der Waals surface area contributed by atoms with Gasteiger partial charge in [0.2, 0.25) is 0 Å². The number of thioether (sulfide) groups is 1. The van der Waals surface area contributed by atoms with E-state index in [-0.39, 0.29) is 0 Å². The van der Waals surface area contributed by atoms with Gasteiger partial charge in [-0.2, -0.15) is 11.8 Å². The topological polar surface area (TPSA) is 3.24 Å². The zero-order chi connectivity index (χ0) is 6.53. The number of hydrogen-bond donors (Lipinski definition) is 0. The average Bonchev–Trinajstić information content (AvgIpc) is 1.91. The predicted octanol–water partition coefficient (Wildman–Crippen LogP) is 1.22. The predicted molar refractivity (Wildman–Crippen MR) is 44.0 cm³/mol. The highest BCUT2D eigenvalue weighted by Gasteiger charge is 2.06. The van der Waals surface area contributed by atoms with Gasteiger partial charge < -0.3 is 0 Å². The Bertz CT molecular complexity index is 86.9.